The fourth-order valence-corrected chi connectivity index (χ4v) is 2.89. The zero-order valence-corrected chi connectivity index (χ0v) is 12.9. The molecule has 6 heteroatoms. The summed E-state index contributed by atoms with van der Waals surface area (Å²) in [6.45, 7) is 4.40. The van der Waals surface area contributed by atoms with E-state index in [1.807, 2.05) is 23.1 Å². The van der Waals surface area contributed by atoms with E-state index in [0.717, 1.165) is 24.5 Å². The van der Waals surface area contributed by atoms with Crippen LogP contribution in [0.25, 0.3) is 0 Å². The van der Waals surface area contributed by atoms with Gasteiger partial charge in [-0.15, -0.1) is 0 Å². The molecule has 1 atom stereocenters. The number of rotatable bonds is 3. The second kappa shape index (κ2) is 6.98. The molecule has 0 aromatic heterocycles. The van der Waals surface area contributed by atoms with Crippen molar-refractivity contribution < 1.29 is 19.0 Å². The monoisotopic (exact) mass is 306 g/mol. The smallest absolute Gasteiger partial charge is 0.254 e. The Kier molecular flexibility index (Phi) is 4.80. The maximum absolute atomic E-state index is 12.4. The molecule has 120 valence electrons. The van der Waals surface area contributed by atoms with E-state index in [1.54, 1.807) is 7.11 Å². The van der Waals surface area contributed by atoms with Gasteiger partial charge in [-0.2, -0.15) is 0 Å². The average Bonchev–Trinajstić information content (AvgIpc) is 2.62. The van der Waals surface area contributed by atoms with Gasteiger partial charge in [0.15, 0.2) is 6.10 Å². The van der Waals surface area contributed by atoms with Crippen LogP contribution in [0.2, 0.25) is 0 Å². The molecular weight excluding hydrogens is 284 g/mol. The number of carbonyl (C=O) groups is 1. The molecule has 1 amide bonds. The molecule has 0 N–H and O–H groups in total. The van der Waals surface area contributed by atoms with Crippen LogP contribution >= 0.6 is 0 Å². The van der Waals surface area contributed by atoms with Gasteiger partial charge in [0.25, 0.3) is 5.91 Å². The Morgan fingerprint density at radius 2 is 1.95 bits per heavy atom. The van der Waals surface area contributed by atoms with E-state index in [4.69, 9.17) is 14.2 Å². The predicted molar refractivity (Wildman–Crippen MR) is 82.3 cm³/mol. The Bertz CT molecular complexity index is 509. The standard InChI is InChI=1S/C16H22N2O4/c1-20-14-5-3-2-4-13(14)17-6-8-18(9-7-17)16(19)15-12-21-10-11-22-15/h2-5,15H,6-12H2,1H3/t15-/m1/s1. The fourth-order valence-electron chi connectivity index (χ4n) is 2.89. The lowest BCUT2D eigenvalue weighted by atomic mass is 10.2. The zero-order valence-electron chi connectivity index (χ0n) is 12.9. The summed E-state index contributed by atoms with van der Waals surface area (Å²) in [6, 6.07) is 7.97. The molecule has 2 fully saturated rings. The summed E-state index contributed by atoms with van der Waals surface area (Å²) in [5.74, 6) is 0.908. The van der Waals surface area contributed by atoms with Crippen molar-refractivity contribution in [3.63, 3.8) is 0 Å². The summed E-state index contributed by atoms with van der Waals surface area (Å²) < 4.78 is 16.2. The molecule has 6 nitrogen and oxygen atoms in total. The first-order valence-corrected chi connectivity index (χ1v) is 7.65. The molecule has 0 saturated carbocycles. The summed E-state index contributed by atoms with van der Waals surface area (Å²) in [4.78, 5) is 16.5. The van der Waals surface area contributed by atoms with Gasteiger partial charge < -0.3 is 24.0 Å². The minimum absolute atomic E-state index is 0.0411. The number of benzene rings is 1. The van der Waals surface area contributed by atoms with Gasteiger partial charge in [-0.1, -0.05) is 12.1 Å². The summed E-state index contributed by atoms with van der Waals surface area (Å²) in [7, 11) is 1.68. The highest BCUT2D eigenvalue weighted by Gasteiger charge is 2.30. The van der Waals surface area contributed by atoms with Gasteiger partial charge in [0.1, 0.15) is 5.75 Å². The van der Waals surface area contributed by atoms with Crippen molar-refractivity contribution in [1.82, 2.24) is 4.90 Å². The lowest BCUT2D eigenvalue weighted by molar-refractivity contribution is -0.158. The summed E-state index contributed by atoms with van der Waals surface area (Å²) in [6.07, 6.45) is -0.438. The third-order valence-electron chi connectivity index (χ3n) is 4.11. The first-order valence-electron chi connectivity index (χ1n) is 7.65. The molecule has 2 saturated heterocycles. The predicted octanol–water partition coefficient (Wildman–Crippen LogP) is 0.759. The molecule has 0 bridgehead atoms. The van der Waals surface area contributed by atoms with Crippen LogP contribution < -0.4 is 9.64 Å². The summed E-state index contributed by atoms with van der Waals surface area (Å²) in [5, 5.41) is 0. The first-order chi connectivity index (χ1) is 10.8. The van der Waals surface area contributed by atoms with Crippen molar-refractivity contribution in [2.75, 3.05) is 58.0 Å². The molecule has 0 unspecified atom stereocenters. The number of carbonyl (C=O) groups excluding carboxylic acids is 1. The van der Waals surface area contributed by atoms with Crippen LogP contribution in [-0.2, 0) is 14.3 Å². The number of anilines is 1. The van der Waals surface area contributed by atoms with Gasteiger partial charge in [-0.05, 0) is 12.1 Å². The van der Waals surface area contributed by atoms with Crippen LogP contribution in [0.5, 0.6) is 5.75 Å². The van der Waals surface area contributed by atoms with Gasteiger partial charge in [-0.25, -0.2) is 0 Å². The van der Waals surface area contributed by atoms with Crippen LogP contribution in [0.15, 0.2) is 24.3 Å². The number of piperazine rings is 1. The number of para-hydroxylation sites is 2. The largest absolute Gasteiger partial charge is 0.495 e. The molecule has 1 aromatic rings. The SMILES string of the molecule is COc1ccccc1N1CCN(C(=O)[C@H]2COCCO2)CC1. The van der Waals surface area contributed by atoms with E-state index in [1.165, 1.54) is 0 Å². The molecule has 0 aliphatic carbocycles. The Balaban J connectivity index is 1.59. The van der Waals surface area contributed by atoms with Crippen molar-refractivity contribution in [1.29, 1.82) is 0 Å². The van der Waals surface area contributed by atoms with Crippen LogP contribution in [0, 0.1) is 0 Å². The van der Waals surface area contributed by atoms with Crippen LogP contribution in [0.4, 0.5) is 5.69 Å². The highest BCUT2D eigenvalue weighted by molar-refractivity contribution is 5.81. The van der Waals surface area contributed by atoms with E-state index in [2.05, 4.69) is 11.0 Å². The molecule has 0 radical (unpaired) electrons. The number of nitrogens with zero attached hydrogens (tertiary/aromatic N) is 2. The maximum Gasteiger partial charge on any atom is 0.254 e. The fraction of sp³-hybridized carbons (Fsp3) is 0.562. The number of amides is 1. The van der Waals surface area contributed by atoms with Gasteiger partial charge in [0.05, 0.1) is 32.6 Å². The van der Waals surface area contributed by atoms with Gasteiger partial charge in [-0.3, -0.25) is 4.79 Å². The Hall–Kier alpha value is -1.79. The highest BCUT2D eigenvalue weighted by Crippen LogP contribution is 2.28. The molecule has 0 spiro atoms. The van der Waals surface area contributed by atoms with Crippen molar-refractivity contribution in [2.45, 2.75) is 6.10 Å². The third-order valence-corrected chi connectivity index (χ3v) is 4.11. The third kappa shape index (κ3) is 3.18. The van der Waals surface area contributed by atoms with Crippen molar-refractivity contribution in [3.05, 3.63) is 24.3 Å². The van der Waals surface area contributed by atoms with Crippen LogP contribution in [0.1, 0.15) is 0 Å². The van der Waals surface area contributed by atoms with E-state index in [9.17, 15) is 4.79 Å². The quantitative estimate of drug-likeness (QED) is 0.825. The molecule has 3 rings (SSSR count). The van der Waals surface area contributed by atoms with E-state index in [0.29, 0.717) is 32.9 Å². The normalized spacial score (nSPS) is 22.5. The number of ether oxygens (including phenoxy) is 3. The Morgan fingerprint density at radius 1 is 1.18 bits per heavy atom. The topological polar surface area (TPSA) is 51.2 Å². The minimum atomic E-state index is -0.438. The van der Waals surface area contributed by atoms with Gasteiger partial charge in [0, 0.05) is 26.2 Å². The Morgan fingerprint density at radius 3 is 2.64 bits per heavy atom. The average molecular weight is 306 g/mol. The van der Waals surface area contributed by atoms with E-state index < -0.39 is 6.10 Å². The van der Waals surface area contributed by atoms with Crippen LogP contribution in [-0.4, -0.2) is 70.0 Å². The van der Waals surface area contributed by atoms with Crippen LogP contribution in [0.3, 0.4) is 0 Å². The molecule has 1 aromatic carbocycles. The molecule has 2 aliphatic rings. The van der Waals surface area contributed by atoms with E-state index in [-0.39, 0.29) is 5.91 Å². The second-order valence-corrected chi connectivity index (χ2v) is 5.42. The second-order valence-electron chi connectivity index (χ2n) is 5.42. The lowest BCUT2D eigenvalue weighted by Gasteiger charge is -2.38. The van der Waals surface area contributed by atoms with Crippen molar-refractivity contribution in [2.24, 2.45) is 0 Å². The highest BCUT2D eigenvalue weighted by atomic mass is 16.6. The van der Waals surface area contributed by atoms with E-state index >= 15 is 0 Å². The zero-order chi connectivity index (χ0) is 15.4. The minimum Gasteiger partial charge on any atom is -0.495 e. The summed E-state index contributed by atoms with van der Waals surface area (Å²) in [5.41, 5.74) is 1.08. The molecular formula is C16H22N2O4. The Labute approximate surface area is 130 Å². The number of hydrogen-bond donors (Lipinski definition) is 0. The molecule has 22 heavy (non-hydrogen) atoms. The van der Waals surface area contributed by atoms with Crippen molar-refractivity contribution in [3.8, 4) is 5.75 Å². The van der Waals surface area contributed by atoms with Gasteiger partial charge in [0.2, 0.25) is 0 Å². The molecule has 2 aliphatic heterocycles. The first kappa shape index (κ1) is 15.1. The lowest BCUT2D eigenvalue weighted by Crippen LogP contribution is -2.53. The van der Waals surface area contributed by atoms with Crippen molar-refractivity contribution >= 4 is 11.6 Å². The number of methoxy groups -OCH3 is 1. The summed E-state index contributed by atoms with van der Waals surface area (Å²) >= 11 is 0. The van der Waals surface area contributed by atoms with Gasteiger partial charge >= 0.3 is 0 Å². The molecule has 2 heterocycles. The maximum atomic E-state index is 12.4. The number of hydrogen-bond acceptors (Lipinski definition) is 5.